The lowest BCUT2D eigenvalue weighted by molar-refractivity contribution is -0.180. The van der Waals surface area contributed by atoms with E-state index in [4.69, 9.17) is 28.4 Å². The van der Waals surface area contributed by atoms with E-state index >= 15 is 0 Å². The zero-order chi connectivity index (χ0) is 39.1. The minimum atomic E-state index is -3.74. The Morgan fingerprint density at radius 3 is 2.45 bits per heavy atom. The van der Waals surface area contributed by atoms with Crippen molar-refractivity contribution in [3.8, 4) is 11.5 Å². The van der Waals surface area contributed by atoms with Gasteiger partial charge in [-0.3, -0.25) is 0 Å². The highest BCUT2D eigenvalue weighted by Gasteiger charge is 2.35. The number of rotatable bonds is 18. The van der Waals surface area contributed by atoms with Gasteiger partial charge in [-0.1, -0.05) is 69.2 Å². The van der Waals surface area contributed by atoms with E-state index in [0.29, 0.717) is 45.9 Å². The Kier molecular flexibility index (Phi) is 13.6. The number of carbonyl (C=O) groups excluding carboxylic acids is 1. The van der Waals surface area contributed by atoms with Gasteiger partial charge in [0, 0.05) is 46.7 Å². The highest BCUT2D eigenvalue weighted by atomic mass is 32.2. The molecule has 3 aromatic rings. The second-order valence-electron chi connectivity index (χ2n) is 16.5. The van der Waals surface area contributed by atoms with E-state index in [9.17, 15) is 13.2 Å². The molecule has 1 atom stereocenters. The maximum atomic E-state index is 13.9. The van der Waals surface area contributed by atoms with Crippen LogP contribution >= 0.6 is 0 Å². The third-order valence-corrected chi connectivity index (χ3v) is 13.9. The third-order valence-electron chi connectivity index (χ3n) is 10.3. The van der Waals surface area contributed by atoms with Crippen molar-refractivity contribution in [2.45, 2.75) is 114 Å². The number of benzene rings is 3. The second kappa shape index (κ2) is 18.2. The number of nitrogens with zero attached hydrogens (tertiary/aromatic N) is 2. The average molecular weight is 795 g/mol. The summed E-state index contributed by atoms with van der Waals surface area (Å²) in [5.74, 6) is 0.858. The first-order valence-corrected chi connectivity index (χ1v) is 24.8. The molecule has 2 aliphatic heterocycles. The highest BCUT2D eigenvalue weighted by molar-refractivity contribution is 7.89. The molecule has 1 saturated carbocycles. The second-order valence-corrected chi connectivity index (χ2v) is 24.0. The molecule has 1 amide bonds. The first-order chi connectivity index (χ1) is 26.3. The summed E-state index contributed by atoms with van der Waals surface area (Å²) in [5, 5.41) is 0. The number of carbonyl (C=O) groups is 1. The van der Waals surface area contributed by atoms with Crippen molar-refractivity contribution in [1.29, 1.82) is 0 Å². The van der Waals surface area contributed by atoms with Crippen LogP contribution in [-0.2, 0) is 48.6 Å². The fraction of sp³-hybridized carbons (Fsp3) is 0.548. The fourth-order valence-corrected chi connectivity index (χ4v) is 9.45. The van der Waals surface area contributed by atoms with Crippen LogP contribution in [-0.4, -0.2) is 83.3 Å². The SMILES string of the molecule is CC1(C)OCc2cc([C@@H]3CN(CCc4ccc(OCCOCc5cccc(S(=O)(=O)N(COCC[Si](C)(C)C)C6CCCCC6)c5)cc4)C(=O)O3)ccc2O1. The molecule has 0 aromatic heterocycles. The van der Waals surface area contributed by atoms with Gasteiger partial charge in [0.2, 0.25) is 15.8 Å². The summed E-state index contributed by atoms with van der Waals surface area (Å²) < 4.78 is 64.6. The van der Waals surface area contributed by atoms with Gasteiger partial charge in [0.15, 0.2) is 0 Å². The molecule has 3 aromatic carbocycles. The van der Waals surface area contributed by atoms with Crippen LogP contribution in [0, 0.1) is 0 Å². The largest absolute Gasteiger partial charge is 0.491 e. The van der Waals surface area contributed by atoms with Crippen LogP contribution in [0.5, 0.6) is 11.5 Å². The normalized spacial score (nSPS) is 18.9. The highest BCUT2D eigenvalue weighted by Crippen LogP contribution is 2.35. The monoisotopic (exact) mass is 794 g/mol. The number of cyclic esters (lactones) is 1. The van der Waals surface area contributed by atoms with Crippen molar-refractivity contribution in [3.05, 3.63) is 89.0 Å². The van der Waals surface area contributed by atoms with Gasteiger partial charge in [0.1, 0.15) is 30.9 Å². The number of amides is 1. The van der Waals surface area contributed by atoms with E-state index in [1.165, 1.54) is 0 Å². The predicted molar refractivity (Wildman–Crippen MR) is 213 cm³/mol. The first-order valence-electron chi connectivity index (χ1n) is 19.7. The molecule has 2 fully saturated rings. The number of hydrogen-bond donors (Lipinski definition) is 0. The summed E-state index contributed by atoms with van der Waals surface area (Å²) in [6.45, 7) is 13.8. The van der Waals surface area contributed by atoms with Gasteiger partial charge in [0.05, 0.1) is 31.3 Å². The molecule has 0 bridgehead atoms. The lowest BCUT2D eigenvalue weighted by atomic mass is 9.96. The molecular weight excluding hydrogens is 737 g/mol. The lowest BCUT2D eigenvalue weighted by Gasteiger charge is -2.33. The van der Waals surface area contributed by atoms with Crippen LogP contribution in [0.4, 0.5) is 4.79 Å². The summed E-state index contributed by atoms with van der Waals surface area (Å²) in [7, 11) is -5.03. The Balaban J connectivity index is 0.927. The maximum absolute atomic E-state index is 13.9. The maximum Gasteiger partial charge on any atom is 0.410 e. The summed E-state index contributed by atoms with van der Waals surface area (Å²) in [6, 6.07) is 21.7. The smallest absolute Gasteiger partial charge is 0.410 e. The number of hydrogen-bond acceptors (Lipinski definition) is 9. The number of ether oxygens (including phenoxy) is 6. The molecule has 1 aliphatic carbocycles. The minimum absolute atomic E-state index is 0.0417. The molecule has 11 nitrogen and oxygen atoms in total. The molecule has 6 rings (SSSR count). The van der Waals surface area contributed by atoms with Crippen molar-refractivity contribution in [1.82, 2.24) is 9.21 Å². The van der Waals surface area contributed by atoms with E-state index < -0.39 is 23.9 Å². The number of sulfonamides is 1. The van der Waals surface area contributed by atoms with E-state index in [-0.39, 0.29) is 36.5 Å². The van der Waals surface area contributed by atoms with Crippen molar-refractivity contribution < 1.29 is 41.6 Å². The zero-order valence-electron chi connectivity index (χ0n) is 33.1. The molecule has 3 aliphatic rings. The Morgan fingerprint density at radius 1 is 0.909 bits per heavy atom. The van der Waals surface area contributed by atoms with E-state index in [1.807, 2.05) is 62.4 Å². The topological polar surface area (TPSA) is 113 Å². The quantitative estimate of drug-likeness (QED) is 0.0713. The summed E-state index contributed by atoms with van der Waals surface area (Å²) in [6.07, 6.45) is 4.97. The molecular formula is C42H58N2O9SSi. The fourth-order valence-electron chi connectivity index (χ4n) is 7.05. The van der Waals surface area contributed by atoms with Crippen molar-refractivity contribution in [2.75, 3.05) is 39.6 Å². The van der Waals surface area contributed by atoms with Gasteiger partial charge in [-0.2, -0.15) is 4.31 Å². The third kappa shape index (κ3) is 11.5. The van der Waals surface area contributed by atoms with Gasteiger partial charge < -0.3 is 33.3 Å². The van der Waals surface area contributed by atoms with Gasteiger partial charge in [0.25, 0.3) is 0 Å². The molecule has 13 heteroatoms. The Bertz CT molecular complexity index is 1840. The van der Waals surface area contributed by atoms with Crippen LogP contribution < -0.4 is 9.47 Å². The molecule has 55 heavy (non-hydrogen) atoms. The summed E-state index contributed by atoms with van der Waals surface area (Å²) in [5.41, 5.74) is 3.75. The molecule has 2 heterocycles. The van der Waals surface area contributed by atoms with E-state index in [0.717, 1.165) is 71.9 Å². The molecule has 0 unspecified atom stereocenters. The van der Waals surface area contributed by atoms with Crippen molar-refractivity contribution in [3.63, 3.8) is 0 Å². The van der Waals surface area contributed by atoms with Gasteiger partial charge in [-0.25, -0.2) is 13.2 Å². The van der Waals surface area contributed by atoms with Gasteiger partial charge in [-0.15, -0.1) is 0 Å². The van der Waals surface area contributed by atoms with Gasteiger partial charge >= 0.3 is 6.09 Å². The summed E-state index contributed by atoms with van der Waals surface area (Å²) in [4.78, 5) is 14.7. The first kappa shape index (κ1) is 41.2. The standard InChI is InChI=1S/C42H58N2O9SSi/c1-42(2)51-30-35-27-34(16-19-39(35)53-42)40-28-43(41(45)52-40)21-20-32-14-17-37(18-15-32)50-23-22-48-29-33-10-9-13-38(26-33)54(46,47)44(36-11-7-6-8-12-36)31-49-24-25-55(3,4)5/h9-10,13-19,26-27,36,40H,6-8,11-12,20-25,28-31H2,1-5H3/t40-/m0/s1. The lowest BCUT2D eigenvalue weighted by Crippen LogP contribution is -2.43. The van der Waals surface area contributed by atoms with Crippen LogP contribution in [0.3, 0.4) is 0 Å². The van der Waals surface area contributed by atoms with Crippen LogP contribution in [0.25, 0.3) is 0 Å². The Hall–Kier alpha value is -3.46. The molecule has 300 valence electrons. The van der Waals surface area contributed by atoms with Crippen LogP contribution in [0.2, 0.25) is 25.7 Å². The van der Waals surface area contributed by atoms with Crippen LogP contribution in [0.1, 0.15) is 74.3 Å². The molecule has 1 saturated heterocycles. The average Bonchev–Trinajstić information content (AvgIpc) is 3.53. The molecule has 0 spiro atoms. The zero-order valence-corrected chi connectivity index (χ0v) is 34.9. The molecule has 0 N–H and O–H groups in total. The minimum Gasteiger partial charge on any atom is -0.491 e. The van der Waals surface area contributed by atoms with E-state index in [1.54, 1.807) is 27.4 Å². The van der Waals surface area contributed by atoms with Gasteiger partial charge in [-0.05, 0) is 78.4 Å². The van der Waals surface area contributed by atoms with Crippen molar-refractivity contribution in [2.24, 2.45) is 0 Å². The summed E-state index contributed by atoms with van der Waals surface area (Å²) >= 11 is 0. The Morgan fingerprint density at radius 2 is 1.69 bits per heavy atom. The van der Waals surface area contributed by atoms with Crippen molar-refractivity contribution >= 4 is 24.2 Å². The van der Waals surface area contributed by atoms with Crippen LogP contribution in [0.15, 0.2) is 71.6 Å². The van der Waals surface area contributed by atoms with E-state index in [2.05, 4.69) is 19.6 Å². The number of fused-ring (bicyclic) bond motifs is 1. The predicted octanol–water partition coefficient (Wildman–Crippen LogP) is 8.30. The Labute approximate surface area is 328 Å². The molecule has 0 radical (unpaired) electrons.